The van der Waals surface area contributed by atoms with Crippen LogP contribution < -0.4 is 5.32 Å². The van der Waals surface area contributed by atoms with Crippen LogP contribution in [0.5, 0.6) is 0 Å². The standard InChI is InChI=1S/C27H30BrN3O3/c1-27(2,3)34-26(33)31-22-8-7-17(16-30-9-5-4-6-10-30)11-18(22)13-23(31)21-14-20(28)12-19-15-29-25(32)24(19)21/h7-8,11-14H,4-6,9-10,15-16H2,1-3H3,(H,29,32). The quantitative estimate of drug-likeness (QED) is 0.451. The molecule has 5 rings (SSSR count). The number of piperidine rings is 1. The van der Waals surface area contributed by atoms with Gasteiger partial charge in [0.15, 0.2) is 0 Å². The highest BCUT2D eigenvalue weighted by atomic mass is 79.9. The van der Waals surface area contributed by atoms with E-state index < -0.39 is 11.7 Å². The number of carbonyl (C=O) groups is 2. The topological polar surface area (TPSA) is 63.6 Å². The average Bonchev–Trinajstić information content (AvgIpc) is 3.33. The minimum absolute atomic E-state index is 0.121. The number of carbonyl (C=O) groups excluding carboxylic acids is 2. The van der Waals surface area contributed by atoms with Gasteiger partial charge in [-0.25, -0.2) is 9.36 Å². The third-order valence-electron chi connectivity index (χ3n) is 6.42. The summed E-state index contributed by atoms with van der Waals surface area (Å²) in [5.41, 5.74) is 4.27. The summed E-state index contributed by atoms with van der Waals surface area (Å²) < 4.78 is 8.26. The van der Waals surface area contributed by atoms with Crippen molar-refractivity contribution < 1.29 is 14.3 Å². The molecule has 1 amide bonds. The molecule has 0 unspecified atom stereocenters. The van der Waals surface area contributed by atoms with Crippen molar-refractivity contribution >= 4 is 38.8 Å². The minimum Gasteiger partial charge on any atom is -0.443 e. The molecule has 0 aliphatic carbocycles. The van der Waals surface area contributed by atoms with Crippen LogP contribution in [-0.4, -0.2) is 40.2 Å². The smallest absolute Gasteiger partial charge is 0.419 e. The lowest BCUT2D eigenvalue weighted by atomic mass is 10.0. The Morgan fingerprint density at radius 2 is 1.85 bits per heavy atom. The molecule has 1 fully saturated rings. The second-order valence-electron chi connectivity index (χ2n) is 10.2. The second-order valence-corrected chi connectivity index (χ2v) is 11.2. The van der Waals surface area contributed by atoms with Gasteiger partial charge in [-0.2, -0.15) is 0 Å². The van der Waals surface area contributed by atoms with E-state index >= 15 is 0 Å². The first-order chi connectivity index (χ1) is 16.2. The van der Waals surface area contributed by atoms with E-state index in [2.05, 4.69) is 38.3 Å². The van der Waals surface area contributed by atoms with Crippen molar-refractivity contribution in [3.63, 3.8) is 0 Å². The first kappa shape index (κ1) is 23.1. The van der Waals surface area contributed by atoms with Crippen LogP contribution in [0, 0.1) is 0 Å². The summed E-state index contributed by atoms with van der Waals surface area (Å²) in [6, 6.07) is 12.1. The highest BCUT2D eigenvalue weighted by Gasteiger charge is 2.29. The molecular formula is C27H30BrN3O3. The fourth-order valence-electron chi connectivity index (χ4n) is 4.98. The number of aromatic nitrogens is 1. The van der Waals surface area contributed by atoms with E-state index in [1.807, 2.05) is 45.0 Å². The number of rotatable bonds is 3. The Labute approximate surface area is 208 Å². The normalized spacial score (nSPS) is 16.5. The van der Waals surface area contributed by atoms with Crippen molar-refractivity contribution in [2.24, 2.45) is 0 Å². The van der Waals surface area contributed by atoms with Gasteiger partial charge in [-0.3, -0.25) is 9.69 Å². The van der Waals surface area contributed by atoms with E-state index in [-0.39, 0.29) is 5.91 Å². The number of fused-ring (bicyclic) bond motifs is 2. The highest BCUT2D eigenvalue weighted by molar-refractivity contribution is 9.10. The van der Waals surface area contributed by atoms with Crippen molar-refractivity contribution in [2.45, 2.75) is 58.7 Å². The first-order valence-corrected chi connectivity index (χ1v) is 12.7. The Morgan fingerprint density at radius 1 is 1.09 bits per heavy atom. The molecule has 34 heavy (non-hydrogen) atoms. The van der Waals surface area contributed by atoms with E-state index in [0.29, 0.717) is 17.8 Å². The van der Waals surface area contributed by atoms with Crippen LogP contribution in [0.1, 0.15) is 61.5 Å². The van der Waals surface area contributed by atoms with Crippen LogP contribution in [0.4, 0.5) is 4.79 Å². The number of ether oxygens (including phenoxy) is 1. The molecule has 3 heterocycles. The van der Waals surface area contributed by atoms with Gasteiger partial charge in [0.2, 0.25) is 0 Å². The molecule has 0 saturated carbocycles. The number of nitrogens with zero attached hydrogens (tertiary/aromatic N) is 2. The molecule has 1 N–H and O–H groups in total. The summed E-state index contributed by atoms with van der Waals surface area (Å²) in [7, 11) is 0. The Morgan fingerprint density at radius 3 is 2.59 bits per heavy atom. The fourth-order valence-corrected chi connectivity index (χ4v) is 5.48. The molecule has 2 aromatic carbocycles. The molecule has 1 saturated heterocycles. The lowest BCUT2D eigenvalue weighted by Crippen LogP contribution is -2.29. The summed E-state index contributed by atoms with van der Waals surface area (Å²) in [5, 5.41) is 3.87. The summed E-state index contributed by atoms with van der Waals surface area (Å²) in [6.45, 7) is 9.21. The minimum atomic E-state index is -0.643. The van der Waals surface area contributed by atoms with Crippen molar-refractivity contribution in [1.82, 2.24) is 14.8 Å². The largest absolute Gasteiger partial charge is 0.443 e. The maximum atomic E-state index is 13.4. The molecule has 178 valence electrons. The van der Waals surface area contributed by atoms with Crippen LogP contribution in [-0.2, 0) is 17.8 Å². The van der Waals surface area contributed by atoms with Crippen LogP contribution in [0.3, 0.4) is 0 Å². The average molecular weight is 524 g/mol. The molecule has 0 atom stereocenters. The van der Waals surface area contributed by atoms with E-state index in [4.69, 9.17) is 4.74 Å². The van der Waals surface area contributed by atoms with Crippen molar-refractivity contribution in [2.75, 3.05) is 13.1 Å². The van der Waals surface area contributed by atoms with Crippen molar-refractivity contribution in [3.05, 3.63) is 57.6 Å². The maximum Gasteiger partial charge on any atom is 0.419 e. The summed E-state index contributed by atoms with van der Waals surface area (Å²) in [6.07, 6.45) is 3.35. The molecule has 1 aromatic heterocycles. The molecule has 3 aromatic rings. The predicted molar refractivity (Wildman–Crippen MR) is 137 cm³/mol. The molecule has 0 bridgehead atoms. The number of amides is 1. The Kier molecular flexibility index (Phi) is 6.02. The Hall–Kier alpha value is -2.64. The number of halogens is 1. The molecular weight excluding hydrogens is 494 g/mol. The van der Waals surface area contributed by atoms with Gasteiger partial charge >= 0.3 is 6.09 Å². The van der Waals surface area contributed by atoms with E-state index in [1.54, 1.807) is 4.57 Å². The van der Waals surface area contributed by atoms with Gasteiger partial charge in [0, 0.05) is 28.5 Å². The van der Waals surface area contributed by atoms with Crippen LogP contribution >= 0.6 is 15.9 Å². The molecule has 0 radical (unpaired) electrons. The lowest BCUT2D eigenvalue weighted by molar-refractivity contribution is 0.0547. The van der Waals surface area contributed by atoms with Crippen LogP contribution in [0.15, 0.2) is 40.9 Å². The number of likely N-dealkylation sites (tertiary alicyclic amines) is 1. The van der Waals surface area contributed by atoms with Gasteiger partial charge in [-0.1, -0.05) is 28.4 Å². The molecule has 2 aliphatic heterocycles. The van der Waals surface area contributed by atoms with Crippen LogP contribution in [0.2, 0.25) is 0 Å². The zero-order valence-electron chi connectivity index (χ0n) is 19.9. The Balaban J connectivity index is 1.65. The van der Waals surface area contributed by atoms with Crippen molar-refractivity contribution in [3.8, 4) is 11.3 Å². The highest BCUT2D eigenvalue weighted by Crippen LogP contribution is 2.37. The Bertz CT molecular complexity index is 1280. The summed E-state index contributed by atoms with van der Waals surface area (Å²) in [4.78, 5) is 28.6. The van der Waals surface area contributed by atoms with E-state index in [9.17, 15) is 9.59 Å². The zero-order valence-corrected chi connectivity index (χ0v) is 21.5. The molecule has 7 heteroatoms. The van der Waals surface area contributed by atoms with Gasteiger partial charge in [0.1, 0.15) is 5.60 Å². The molecule has 6 nitrogen and oxygen atoms in total. The number of benzene rings is 2. The van der Waals surface area contributed by atoms with Gasteiger partial charge < -0.3 is 10.1 Å². The number of hydrogen-bond acceptors (Lipinski definition) is 4. The first-order valence-electron chi connectivity index (χ1n) is 11.9. The van der Waals surface area contributed by atoms with Gasteiger partial charge in [0.25, 0.3) is 5.91 Å². The van der Waals surface area contributed by atoms with E-state index in [0.717, 1.165) is 46.1 Å². The van der Waals surface area contributed by atoms with Gasteiger partial charge in [0.05, 0.1) is 16.8 Å². The third kappa shape index (κ3) is 4.51. The maximum absolute atomic E-state index is 13.4. The summed E-state index contributed by atoms with van der Waals surface area (Å²) in [5.74, 6) is -0.121. The third-order valence-corrected chi connectivity index (χ3v) is 6.88. The van der Waals surface area contributed by atoms with Gasteiger partial charge in [-0.15, -0.1) is 0 Å². The van der Waals surface area contributed by atoms with E-state index in [1.165, 1.54) is 24.8 Å². The monoisotopic (exact) mass is 523 g/mol. The summed E-state index contributed by atoms with van der Waals surface area (Å²) >= 11 is 3.58. The van der Waals surface area contributed by atoms with Crippen LogP contribution in [0.25, 0.3) is 22.2 Å². The predicted octanol–water partition coefficient (Wildman–Crippen LogP) is 6.08. The van der Waals surface area contributed by atoms with Crippen molar-refractivity contribution in [1.29, 1.82) is 0 Å². The van der Waals surface area contributed by atoms with Gasteiger partial charge in [-0.05, 0) is 88.2 Å². The fraction of sp³-hybridized carbons (Fsp3) is 0.407. The SMILES string of the molecule is CC(C)(C)OC(=O)n1c(-c2cc(Br)cc3c2C(=O)NC3)cc2cc(CN3CCCCC3)ccc21. The zero-order chi connectivity index (χ0) is 24.0. The second kappa shape index (κ2) is 8.86. The lowest BCUT2D eigenvalue weighted by Gasteiger charge is -2.26. The number of nitrogens with one attached hydrogen (secondary N) is 1. The molecule has 0 spiro atoms. The number of hydrogen-bond donors (Lipinski definition) is 1. The molecule has 2 aliphatic rings.